The maximum atomic E-state index is 10.1. The molecule has 0 heterocycles. The van der Waals surface area contributed by atoms with Crippen molar-refractivity contribution < 1.29 is 4.79 Å². The number of halogens is 1. The largest absolute Gasteiger partial charge is 0.352 e. The van der Waals surface area contributed by atoms with Crippen LogP contribution in [-0.4, -0.2) is 25.7 Å². The predicted molar refractivity (Wildman–Crippen MR) is 45.4 cm³/mol. The lowest BCUT2D eigenvalue weighted by Crippen LogP contribution is -2.35. The number of hydrogen-bond acceptors (Lipinski definition) is 2. The first-order valence-corrected chi connectivity index (χ1v) is 3.58. The molecule has 0 aromatic rings. The molecule has 4 N–H and O–H groups in total. The molecule has 0 aliphatic heterocycles. The standard InChI is InChI=1S/C6H12ClN3O/c1-5(7)4-9-2-3-10-6(8)11/h9H,1-4H2,(H3,8,10,11). The number of nitrogens with one attached hydrogen (secondary N) is 2. The van der Waals surface area contributed by atoms with Crippen molar-refractivity contribution in [3.05, 3.63) is 11.6 Å². The van der Waals surface area contributed by atoms with E-state index in [0.717, 1.165) is 0 Å². The van der Waals surface area contributed by atoms with E-state index in [-0.39, 0.29) is 0 Å². The Balaban J connectivity index is 3.03. The van der Waals surface area contributed by atoms with Crippen molar-refractivity contribution >= 4 is 17.6 Å². The number of hydrogen-bond donors (Lipinski definition) is 3. The highest BCUT2D eigenvalue weighted by Crippen LogP contribution is 1.90. The predicted octanol–water partition coefficient (Wildman–Crippen LogP) is -0.00320. The number of urea groups is 1. The summed E-state index contributed by atoms with van der Waals surface area (Å²) < 4.78 is 0. The molecule has 0 aromatic carbocycles. The molecule has 0 saturated carbocycles. The van der Waals surface area contributed by atoms with Gasteiger partial charge in [-0.25, -0.2) is 4.79 Å². The van der Waals surface area contributed by atoms with Crippen LogP contribution in [0.3, 0.4) is 0 Å². The molecule has 5 heteroatoms. The molecule has 0 fully saturated rings. The molecule has 0 saturated heterocycles. The summed E-state index contributed by atoms with van der Waals surface area (Å²) in [4.78, 5) is 10.1. The van der Waals surface area contributed by atoms with Crippen LogP contribution in [0.5, 0.6) is 0 Å². The third kappa shape index (κ3) is 9.26. The molecule has 64 valence electrons. The number of amides is 2. The van der Waals surface area contributed by atoms with E-state index in [1.807, 2.05) is 0 Å². The molecule has 0 bridgehead atoms. The van der Waals surface area contributed by atoms with E-state index in [9.17, 15) is 4.79 Å². The van der Waals surface area contributed by atoms with Crippen LogP contribution in [0.25, 0.3) is 0 Å². The van der Waals surface area contributed by atoms with Crippen LogP contribution in [0.4, 0.5) is 4.79 Å². The number of carbonyl (C=O) groups excluding carboxylic acids is 1. The van der Waals surface area contributed by atoms with Crippen molar-refractivity contribution in [3.63, 3.8) is 0 Å². The summed E-state index contributed by atoms with van der Waals surface area (Å²) in [5.41, 5.74) is 4.81. The SMILES string of the molecule is C=C(Cl)CNCCNC(N)=O. The Labute approximate surface area is 70.8 Å². The van der Waals surface area contributed by atoms with Gasteiger partial charge >= 0.3 is 6.03 Å². The van der Waals surface area contributed by atoms with Crippen molar-refractivity contribution in [3.8, 4) is 0 Å². The van der Waals surface area contributed by atoms with Crippen LogP contribution in [0.15, 0.2) is 11.6 Å². The third-order valence-corrected chi connectivity index (χ3v) is 1.05. The summed E-state index contributed by atoms with van der Waals surface area (Å²) in [6, 6.07) is -0.517. The van der Waals surface area contributed by atoms with E-state index >= 15 is 0 Å². The molecule has 11 heavy (non-hydrogen) atoms. The minimum absolute atomic E-state index is 0.500. The zero-order valence-electron chi connectivity index (χ0n) is 6.19. The Morgan fingerprint density at radius 3 is 2.64 bits per heavy atom. The van der Waals surface area contributed by atoms with Crippen molar-refractivity contribution in [1.82, 2.24) is 10.6 Å². The zero-order chi connectivity index (χ0) is 8.69. The maximum Gasteiger partial charge on any atom is 0.312 e. The van der Waals surface area contributed by atoms with E-state index in [0.29, 0.717) is 24.7 Å². The summed E-state index contributed by atoms with van der Waals surface area (Å²) in [5, 5.41) is 5.91. The van der Waals surface area contributed by atoms with Gasteiger partial charge in [0, 0.05) is 24.7 Å². The minimum Gasteiger partial charge on any atom is -0.352 e. The molecule has 0 aliphatic rings. The highest BCUT2D eigenvalue weighted by molar-refractivity contribution is 6.29. The summed E-state index contributed by atoms with van der Waals surface area (Å²) in [7, 11) is 0. The van der Waals surface area contributed by atoms with Gasteiger partial charge in [-0.05, 0) is 0 Å². The highest BCUT2D eigenvalue weighted by atomic mass is 35.5. The summed E-state index contributed by atoms with van der Waals surface area (Å²) >= 11 is 5.45. The average Bonchev–Trinajstić information content (AvgIpc) is 1.85. The van der Waals surface area contributed by atoms with Crippen LogP contribution in [0, 0.1) is 0 Å². The monoisotopic (exact) mass is 177 g/mol. The molecule has 2 amide bonds. The van der Waals surface area contributed by atoms with Gasteiger partial charge in [0.2, 0.25) is 0 Å². The van der Waals surface area contributed by atoms with E-state index in [2.05, 4.69) is 17.2 Å². The molecule has 4 nitrogen and oxygen atoms in total. The van der Waals surface area contributed by atoms with Crippen molar-refractivity contribution in [2.75, 3.05) is 19.6 Å². The lowest BCUT2D eigenvalue weighted by molar-refractivity contribution is 0.249. The van der Waals surface area contributed by atoms with E-state index in [1.165, 1.54) is 0 Å². The Kier molecular flexibility index (Phi) is 5.60. The summed E-state index contributed by atoms with van der Waals surface area (Å²) in [5.74, 6) is 0. The third-order valence-electron chi connectivity index (χ3n) is 0.918. The van der Waals surface area contributed by atoms with E-state index in [4.69, 9.17) is 17.3 Å². The minimum atomic E-state index is -0.517. The number of primary amides is 1. The normalized spacial score (nSPS) is 9.18. The summed E-state index contributed by atoms with van der Waals surface area (Å²) in [6.07, 6.45) is 0. The second-order valence-corrected chi connectivity index (χ2v) is 2.52. The van der Waals surface area contributed by atoms with Gasteiger partial charge in [0.25, 0.3) is 0 Å². The van der Waals surface area contributed by atoms with Gasteiger partial charge < -0.3 is 16.4 Å². The van der Waals surface area contributed by atoms with Crippen LogP contribution in [0.1, 0.15) is 0 Å². The number of rotatable bonds is 5. The lowest BCUT2D eigenvalue weighted by atomic mass is 10.5. The summed E-state index contributed by atoms with van der Waals surface area (Å²) in [6.45, 7) is 5.16. The first-order chi connectivity index (χ1) is 5.13. The smallest absolute Gasteiger partial charge is 0.312 e. The van der Waals surface area contributed by atoms with Crippen LogP contribution in [0.2, 0.25) is 0 Å². The van der Waals surface area contributed by atoms with E-state index < -0.39 is 6.03 Å². The second-order valence-electron chi connectivity index (χ2n) is 1.99. The van der Waals surface area contributed by atoms with Crippen LogP contribution >= 0.6 is 11.6 Å². The van der Waals surface area contributed by atoms with Crippen LogP contribution in [-0.2, 0) is 0 Å². The zero-order valence-corrected chi connectivity index (χ0v) is 6.95. The highest BCUT2D eigenvalue weighted by Gasteiger charge is 1.90. The van der Waals surface area contributed by atoms with Gasteiger partial charge in [0.1, 0.15) is 0 Å². The fourth-order valence-corrected chi connectivity index (χ4v) is 0.593. The molecule has 0 spiro atoms. The first-order valence-electron chi connectivity index (χ1n) is 3.20. The molecule has 0 rings (SSSR count). The van der Waals surface area contributed by atoms with Crippen molar-refractivity contribution in [2.24, 2.45) is 5.73 Å². The van der Waals surface area contributed by atoms with Gasteiger partial charge in [-0.2, -0.15) is 0 Å². The van der Waals surface area contributed by atoms with Gasteiger partial charge in [0.15, 0.2) is 0 Å². The Bertz CT molecular complexity index is 133. The van der Waals surface area contributed by atoms with Crippen LogP contribution < -0.4 is 16.4 Å². The molecular formula is C6H12ClN3O. The van der Waals surface area contributed by atoms with Gasteiger partial charge in [0.05, 0.1) is 0 Å². The molecule has 0 aromatic heterocycles. The quantitative estimate of drug-likeness (QED) is 0.518. The fraction of sp³-hybridized carbons (Fsp3) is 0.500. The second kappa shape index (κ2) is 6.00. The fourth-order valence-electron chi connectivity index (χ4n) is 0.498. The number of nitrogens with two attached hydrogens (primary N) is 1. The molecule has 0 aliphatic carbocycles. The average molecular weight is 178 g/mol. The van der Waals surface area contributed by atoms with Gasteiger partial charge in [-0.3, -0.25) is 0 Å². The molecular weight excluding hydrogens is 166 g/mol. The molecule has 0 atom stereocenters. The van der Waals surface area contributed by atoms with Gasteiger partial charge in [-0.15, -0.1) is 0 Å². The maximum absolute atomic E-state index is 10.1. The Morgan fingerprint density at radius 2 is 2.18 bits per heavy atom. The molecule has 0 unspecified atom stereocenters. The Morgan fingerprint density at radius 1 is 1.55 bits per heavy atom. The lowest BCUT2D eigenvalue weighted by Gasteiger charge is -2.02. The van der Waals surface area contributed by atoms with E-state index in [1.54, 1.807) is 0 Å². The van der Waals surface area contributed by atoms with Crippen molar-refractivity contribution in [2.45, 2.75) is 0 Å². The van der Waals surface area contributed by atoms with Crippen molar-refractivity contribution in [1.29, 1.82) is 0 Å². The number of carbonyl (C=O) groups is 1. The first kappa shape index (κ1) is 10.3. The topological polar surface area (TPSA) is 67.2 Å². The van der Waals surface area contributed by atoms with Gasteiger partial charge in [-0.1, -0.05) is 18.2 Å². The molecule has 0 radical (unpaired) electrons. The Hall–Kier alpha value is -0.740.